The third-order valence-electron chi connectivity index (χ3n) is 4.63. The van der Waals surface area contributed by atoms with Gasteiger partial charge in [0.1, 0.15) is 18.1 Å². The molecule has 0 heterocycles. The molecule has 162 valence electrons. The average molecular weight is 415 g/mol. The van der Waals surface area contributed by atoms with Gasteiger partial charge in [-0.1, -0.05) is 43.2 Å². The van der Waals surface area contributed by atoms with Crippen molar-refractivity contribution >= 4 is 11.9 Å². The standard InChI is InChI=1S/C21H27NO2.C2H2O4/c1-2-7-18(8-3-1)17-24-21-13-11-20(12-14-21)23-16-6-15-22-19-9-4-5-10-19;3-1(4)2(5)6/h1-3,7-8,11-14,19,22H,4-6,9-10,15-17H2;(H,3,4)(H,5,6). The van der Waals surface area contributed by atoms with E-state index in [1.165, 1.54) is 31.2 Å². The first kappa shape index (κ1) is 23.2. The molecule has 0 spiro atoms. The molecule has 0 radical (unpaired) electrons. The van der Waals surface area contributed by atoms with Crippen molar-refractivity contribution in [2.75, 3.05) is 13.2 Å². The van der Waals surface area contributed by atoms with Crippen molar-refractivity contribution in [3.63, 3.8) is 0 Å². The smallest absolute Gasteiger partial charge is 0.414 e. The number of hydrogen-bond donors (Lipinski definition) is 3. The third kappa shape index (κ3) is 9.43. The SMILES string of the molecule is O=C(O)C(=O)O.c1ccc(COc2ccc(OCCCNC3CCCC3)cc2)cc1. The Labute approximate surface area is 176 Å². The van der Waals surface area contributed by atoms with E-state index < -0.39 is 11.9 Å². The summed E-state index contributed by atoms with van der Waals surface area (Å²) in [6.45, 7) is 2.39. The Morgan fingerprint density at radius 3 is 2.00 bits per heavy atom. The highest BCUT2D eigenvalue weighted by atomic mass is 16.5. The summed E-state index contributed by atoms with van der Waals surface area (Å²) < 4.78 is 11.6. The zero-order chi connectivity index (χ0) is 21.6. The zero-order valence-electron chi connectivity index (χ0n) is 17.0. The lowest BCUT2D eigenvalue weighted by molar-refractivity contribution is -0.159. The van der Waals surface area contributed by atoms with Crippen LogP contribution in [0.5, 0.6) is 11.5 Å². The lowest BCUT2D eigenvalue weighted by atomic mass is 10.2. The second kappa shape index (κ2) is 13.2. The number of benzene rings is 2. The van der Waals surface area contributed by atoms with E-state index in [0.717, 1.165) is 37.1 Å². The molecule has 2 aromatic rings. The minimum absolute atomic E-state index is 0.591. The van der Waals surface area contributed by atoms with E-state index in [4.69, 9.17) is 29.3 Å². The van der Waals surface area contributed by atoms with Crippen LogP contribution in [-0.2, 0) is 16.2 Å². The van der Waals surface area contributed by atoms with Gasteiger partial charge in [-0.15, -0.1) is 0 Å². The molecule has 30 heavy (non-hydrogen) atoms. The maximum atomic E-state index is 9.10. The summed E-state index contributed by atoms with van der Waals surface area (Å²) in [7, 11) is 0. The molecular formula is C23H29NO6. The number of nitrogens with one attached hydrogen (secondary N) is 1. The van der Waals surface area contributed by atoms with Gasteiger partial charge in [-0.3, -0.25) is 0 Å². The van der Waals surface area contributed by atoms with Gasteiger partial charge in [-0.2, -0.15) is 0 Å². The average Bonchev–Trinajstić information content (AvgIpc) is 3.27. The number of ether oxygens (including phenoxy) is 2. The van der Waals surface area contributed by atoms with Gasteiger partial charge in [0.05, 0.1) is 6.61 Å². The van der Waals surface area contributed by atoms with Crippen LogP contribution >= 0.6 is 0 Å². The van der Waals surface area contributed by atoms with Crippen LogP contribution in [0.3, 0.4) is 0 Å². The zero-order valence-corrected chi connectivity index (χ0v) is 17.0. The summed E-state index contributed by atoms with van der Waals surface area (Å²) in [6.07, 6.45) is 6.49. The Kier molecular flexibility index (Phi) is 10.2. The van der Waals surface area contributed by atoms with E-state index in [9.17, 15) is 0 Å². The van der Waals surface area contributed by atoms with Gasteiger partial charge in [-0.05, 0) is 55.6 Å². The van der Waals surface area contributed by atoms with Gasteiger partial charge < -0.3 is 25.0 Å². The predicted molar refractivity (Wildman–Crippen MR) is 113 cm³/mol. The highest BCUT2D eigenvalue weighted by Gasteiger charge is 2.13. The number of hydrogen-bond acceptors (Lipinski definition) is 5. The minimum atomic E-state index is -1.82. The summed E-state index contributed by atoms with van der Waals surface area (Å²) >= 11 is 0. The van der Waals surface area contributed by atoms with Crippen LogP contribution in [0.2, 0.25) is 0 Å². The van der Waals surface area contributed by atoms with E-state index in [2.05, 4.69) is 17.4 Å². The lowest BCUT2D eigenvalue weighted by Crippen LogP contribution is -2.27. The molecule has 0 atom stereocenters. The third-order valence-corrected chi connectivity index (χ3v) is 4.63. The predicted octanol–water partition coefficient (Wildman–Crippen LogP) is 3.72. The van der Waals surface area contributed by atoms with Crippen LogP contribution in [0, 0.1) is 0 Å². The van der Waals surface area contributed by atoms with Gasteiger partial charge in [0.25, 0.3) is 0 Å². The van der Waals surface area contributed by atoms with Crippen LogP contribution in [0.4, 0.5) is 0 Å². The summed E-state index contributed by atoms with van der Waals surface area (Å²) in [6, 6.07) is 18.8. The fourth-order valence-electron chi connectivity index (χ4n) is 3.07. The molecule has 1 aliphatic carbocycles. The van der Waals surface area contributed by atoms with Crippen molar-refractivity contribution in [3.05, 3.63) is 60.2 Å². The van der Waals surface area contributed by atoms with Crippen molar-refractivity contribution in [2.24, 2.45) is 0 Å². The van der Waals surface area contributed by atoms with Crippen molar-refractivity contribution in [1.82, 2.24) is 5.32 Å². The van der Waals surface area contributed by atoms with Gasteiger partial charge in [-0.25, -0.2) is 9.59 Å². The van der Waals surface area contributed by atoms with Gasteiger partial charge in [0.15, 0.2) is 0 Å². The van der Waals surface area contributed by atoms with Crippen LogP contribution in [0.25, 0.3) is 0 Å². The number of carboxylic acid groups (broad SMARTS) is 2. The molecule has 7 nitrogen and oxygen atoms in total. The summed E-state index contributed by atoms with van der Waals surface area (Å²) in [5.41, 5.74) is 1.17. The monoisotopic (exact) mass is 415 g/mol. The molecule has 0 amide bonds. The molecule has 0 unspecified atom stereocenters. The normalized spacial score (nSPS) is 13.2. The van der Waals surface area contributed by atoms with Gasteiger partial charge in [0, 0.05) is 6.04 Å². The van der Waals surface area contributed by atoms with Crippen molar-refractivity contribution in [1.29, 1.82) is 0 Å². The Bertz CT molecular complexity index is 745. The highest BCUT2D eigenvalue weighted by molar-refractivity contribution is 6.27. The number of aliphatic carboxylic acids is 2. The molecule has 3 N–H and O–H groups in total. The quantitative estimate of drug-likeness (QED) is 0.423. The molecule has 2 aromatic carbocycles. The topological polar surface area (TPSA) is 105 Å². The Balaban J connectivity index is 0.000000469. The van der Waals surface area contributed by atoms with Crippen LogP contribution < -0.4 is 14.8 Å². The van der Waals surface area contributed by atoms with Crippen LogP contribution in [0.1, 0.15) is 37.7 Å². The number of rotatable bonds is 9. The second-order valence-electron chi connectivity index (χ2n) is 6.99. The highest BCUT2D eigenvalue weighted by Crippen LogP contribution is 2.19. The van der Waals surface area contributed by atoms with Crippen molar-refractivity contribution in [2.45, 2.75) is 44.8 Å². The van der Waals surface area contributed by atoms with E-state index in [1.54, 1.807) is 0 Å². The Morgan fingerprint density at radius 1 is 0.867 bits per heavy atom. The lowest BCUT2D eigenvalue weighted by Gasteiger charge is -2.12. The Hall–Kier alpha value is -3.06. The fourth-order valence-corrected chi connectivity index (χ4v) is 3.07. The van der Waals surface area contributed by atoms with E-state index >= 15 is 0 Å². The molecular weight excluding hydrogens is 386 g/mol. The first-order chi connectivity index (χ1) is 14.5. The van der Waals surface area contributed by atoms with Crippen LogP contribution in [-0.4, -0.2) is 41.3 Å². The molecule has 0 aliphatic heterocycles. The fraction of sp³-hybridized carbons (Fsp3) is 0.391. The van der Waals surface area contributed by atoms with Crippen molar-refractivity contribution < 1.29 is 29.3 Å². The second-order valence-corrected chi connectivity index (χ2v) is 6.99. The maximum absolute atomic E-state index is 9.10. The summed E-state index contributed by atoms with van der Waals surface area (Å²) in [4.78, 5) is 18.2. The largest absolute Gasteiger partial charge is 0.494 e. The maximum Gasteiger partial charge on any atom is 0.414 e. The first-order valence-corrected chi connectivity index (χ1v) is 10.1. The minimum Gasteiger partial charge on any atom is -0.494 e. The van der Waals surface area contributed by atoms with E-state index in [1.807, 2.05) is 42.5 Å². The first-order valence-electron chi connectivity index (χ1n) is 10.1. The molecule has 0 saturated heterocycles. The molecule has 0 aromatic heterocycles. The summed E-state index contributed by atoms with van der Waals surface area (Å²) in [5, 5.41) is 18.4. The molecule has 1 fully saturated rings. The van der Waals surface area contributed by atoms with E-state index in [-0.39, 0.29) is 0 Å². The number of carbonyl (C=O) groups is 2. The molecule has 1 aliphatic rings. The molecule has 7 heteroatoms. The van der Waals surface area contributed by atoms with Crippen molar-refractivity contribution in [3.8, 4) is 11.5 Å². The molecule has 0 bridgehead atoms. The summed E-state index contributed by atoms with van der Waals surface area (Å²) in [5.74, 6) is -1.87. The number of carboxylic acids is 2. The van der Waals surface area contributed by atoms with Gasteiger partial charge >= 0.3 is 11.9 Å². The molecule has 3 rings (SSSR count). The van der Waals surface area contributed by atoms with Gasteiger partial charge in [0.2, 0.25) is 0 Å². The van der Waals surface area contributed by atoms with E-state index in [0.29, 0.717) is 6.61 Å². The Morgan fingerprint density at radius 2 is 1.43 bits per heavy atom. The van der Waals surface area contributed by atoms with Crippen LogP contribution in [0.15, 0.2) is 54.6 Å². The molecule has 1 saturated carbocycles.